The highest BCUT2D eigenvalue weighted by atomic mass is 16.4. The fourth-order valence-corrected chi connectivity index (χ4v) is 0.956. The van der Waals surface area contributed by atoms with E-state index in [-0.39, 0.29) is 12.8 Å². The predicted molar refractivity (Wildman–Crippen MR) is 65.2 cm³/mol. The van der Waals surface area contributed by atoms with Crippen LogP contribution in [0.5, 0.6) is 0 Å². The van der Waals surface area contributed by atoms with Gasteiger partial charge in [-0.1, -0.05) is 35.9 Å². The van der Waals surface area contributed by atoms with Crippen molar-refractivity contribution in [1.82, 2.24) is 0 Å². The van der Waals surface area contributed by atoms with Gasteiger partial charge in [-0.25, -0.2) is 0 Å². The van der Waals surface area contributed by atoms with Crippen molar-refractivity contribution in [3.8, 4) is 0 Å². The molecule has 1 atom stereocenters. The van der Waals surface area contributed by atoms with Crippen LogP contribution in [0.2, 0.25) is 0 Å². The lowest BCUT2D eigenvalue weighted by Gasteiger charge is -2.01. The predicted octanol–water partition coefficient (Wildman–Crippen LogP) is 0.659. The van der Waals surface area contributed by atoms with E-state index in [1.54, 1.807) is 0 Å². The lowest BCUT2D eigenvalue weighted by molar-refractivity contribution is -0.138. The van der Waals surface area contributed by atoms with Crippen LogP contribution in [0.25, 0.3) is 0 Å². The lowest BCUT2D eigenvalue weighted by atomic mass is 10.2. The summed E-state index contributed by atoms with van der Waals surface area (Å²) < 4.78 is 0. The number of aliphatic carboxylic acids is 1. The van der Waals surface area contributed by atoms with Crippen molar-refractivity contribution in [3.63, 3.8) is 0 Å². The molecule has 5 N–H and O–H groups in total. The Morgan fingerprint density at radius 3 is 2.12 bits per heavy atom. The number of carbonyl (C=O) groups excluding carboxylic acids is 1. The summed E-state index contributed by atoms with van der Waals surface area (Å²) in [5.74, 6) is -1.64. The van der Waals surface area contributed by atoms with Crippen LogP contribution in [0.15, 0.2) is 30.3 Å². The Morgan fingerprint density at radius 2 is 1.82 bits per heavy atom. The van der Waals surface area contributed by atoms with Gasteiger partial charge in [0.05, 0.1) is 0 Å². The summed E-state index contributed by atoms with van der Waals surface area (Å²) in [4.78, 5) is 20.1. The van der Waals surface area contributed by atoms with Crippen LogP contribution < -0.4 is 11.5 Å². The van der Waals surface area contributed by atoms with Gasteiger partial charge in [0.2, 0.25) is 5.91 Å². The van der Waals surface area contributed by atoms with Crippen molar-refractivity contribution in [2.75, 3.05) is 0 Å². The largest absolute Gasteiger partial charge is 0.480 e. The smallest absolute Gasteiger partial charge is 0.320 e. The van der Waals surface area contributed by atoms with E-state index in [1.807, 2.05) is 18.2 Å². The molecule has 1 aromatic rings. The van der Waals surface area contributed by atoms with Crippen LogP contribution in [-0.2, 0) is 9.59 Å². The minimum Gasteiger partial charge on any atom is -0.480 e. The maximum Gasteiger partial charge on any atom is 0.320 e. The average Bonchev–Trinajstić information content (AvgIpc) is 2.27. The summed E-state index contributed by atoms with van der Waals surface area (Å²) in [6.45, 7) is 2.08. The van der Waals surface area contributed by atoms with Gasteiger partial charge in [-0.3, -0.25) is 9.59 Å². The Hall–Kier alpha value is -1.88. The number of carbonyl (C=O) groups is 2. The second-order valence-electron chi connectivity index (χ2n) is 3.60. The number of nitrogens with two attached hydrogens (primary N) is 2. The molecular formula is C12H18N2O3. The van der Waals surface area contributed by atoms with E-state index in [0.717, 1.165) is 0 Å². The summed E-state index contributed by atoms with van der Waals surface area (Å²) >= 11 is 0. The van der Waals surface area contributed by atoms with Crippen LogP contribution in [0.4, 0.5) is 0 Å². The highest BCUT2D eigenvalue weighted by Gasteiger charge is 2.11. The first kappa shape index (κ1) is 15.1. The highest BCUT2D eigenvalue weighted by molar-refractivity contribution is 5.76. The van der Waals surface area contributed by atoms with Gasteiger partial charge in [-0.15, -0.1) is 0 Å². The Morgan fingerprint density at radius 1 is 1.29 bits per heavy atom. The topological polar surface area (TPSA) is 106 Å². The van der Waals surface area contributed by atoms with Crippen molar-refractivity contribution in [3.05, 3.63) is 35.9 Å². The molecule has 5 nitrogen and oxygen atoms in total. The summed E-state index contributed by atoms with van der Waals surface area (Å²) in [5, 5.41) is 8.22. The second-order valence-corrected chi connectivity index (χ2v) is 3.60. The molecule has 0 saturated heterocycles. The zero-order valence-corrected chi connectivity index (χ0v) is 9.80. The summed E-state index contributed by atoms with van der Waals surface area (Å²) in [7, 11) is 0. The second kappa shape index (κ2) is 8.29. The van der Waals surface area contributed by atoms with Gasteiger partial charge < -0.3 is 16.6 Å². The SMILES string of the molecule is Cc1ccccc1.NC(=O)CCC(N)C(=O)O. The molecule has 0 spiro atoms. The number of carboxylic acid groups (broad SMARTS) is 1. The molecule has 0 aromatic heterocycles. The molecule has 0 heterocycles. The average molecular weight is 238 g/mol. The monoisotopic (exact) mass is 238 g/mol. The van der Waals surface area contributed by atoms with E-state index in [2.05, 4.69) is 19.1 Å². The van der Waals surface area contributed by atoms with Gasteiger partial charge in [-0.05, 0) is 13.3 Å². The Balaban J connectivity index is 0.000000318. The Bertz CT molecular complexity index is 352. The van der Waals surface area contributed by atoms with Gasteiger partial charge in [-0.2, -0.15) is 0 Å². The summed E-state index contributed by atoms with van der Waals surface area (Å²) in [6, 6.07) is 9.28. The van der Waals surface area contributed by atoms with E-state index in [0.29, 0.717) is 0 Å². The van der Waals surface area contributed by atoms with E-state index in [9.17, 15) is 9.59 Å². The number of carboxylic acids is 1. The molecule has 1 amide bonds. The van der Waals surface area contributed by atoms with E-state index in [4.69, 9.17) is 16.6 Å². The number of hydrogen-bond donors (Lipinski definition) is 3. The van der Waals surface area contributed by atoms with E-state index in [1.165, 1.54) is 5.56 Å². The molecule has 1 rings (SSSR count). The molecule has 0 saturated carbocycles. The number of primary amides is 1. The fourth-order valence-electron chi connectivity index (χ4n) is 0.956. The van der Waals surface area contributed by atoms with Crippen LogP contribution in [0.3, 0.4) is 0 Å². The summed E-state index contributed by atoms with van der Waals surface area (Å²) in [6.07, 6.45) is 0.123. The molecule has 94 valence electrons. The molecule has 0 fully saturated rings. The van der Waals surface area contributed by atoms with E-state index >= 15 is 0 Å². The third kappa shape index (κ3) is 9.07. The quantitative estimate of drug-likeness (QED) is 0.716. The first-order valence-electron chi connectivity index (χ1n) is 5.22. The zero-order valence-electron chi connectivity index (χ0n) is 9.80. The van der Waals surface area contributed by atoms with E-state index < -0.39 is 17.9 Å². The maximum atomic E-state index is 10.1. The van der Waals surface area contributed by atoms with Crippen molar-refractivity contribution in [2.45, 2.75) is 25.8 Å². The van der Waals surface area contributed by atoms with Crippen molar-refractivity contribution in [2.24, 2.45) is 11.5 Å². The van der Waals surface area contributed by atoms with Crippen molar-refractivity contribution >= 4 is 11.9 Å². The van der Waals surface area contributed by atoms with Gasteiger partial charge in [0.25, 0.3) is 0 Å². The van der Waals surface area contributed by atoms with Crippen LogP contribution in [-0.4, -0.2) is 23.0 Å². The molecule has 0 radical (unpaired) electrons. The number of aryl methyl sites for hydroxylation is 1. The van der Waals surface area contributed by atoms with Gasteiger partial charge in [0.1, 0.15) is 6.04 Å². The first-order chi connectivity index (χ1) is 7.93. The Kier molecular flexibility index (Phi) is 7.38. The maximum absolute atomic E-state index is 10.1. The molecule has 0 aliphatic carbocycles. The highest BCUT2D eigenvalue weighted by Crippen LogP contribution is 1.92. The number of benzene rings is 1. The van der Waals surface area contributed by atoms with Gasteiger partial charge in [0, 0.05) is 6.42 Å². The number of amides is 1. The fraction of sp³-hybridized carbons (Fsp3) is 0.333. The van der Waals surface area contributed by atoms with Gasteiger partial charge >= 0.3 is 5.97 Å². The number of rotatable bonds is 4. The molecule has 0 aliphatic heterocycles. The lowest BCUT2D eigenvalue weighted by Crippen LogP contribution is -2.31. The normalized spacial score (nSPS) is 10.9. The third-order valence-electron chi connectivity index (χ3n) is 1.96. The molecule has 1 unspecified atom stereocenters. The van der Waals surface area contributed by atoms with Crippen LogP contribution >= 0.6 is 0 Å². The standard InChI is InChI=1S/C7H8.C5H10N2O3/c1-7-5-3-2-4-6-7;6-3(5(9)10)1-2-4(7)8/h2-6H,1H3;3H,1-2,6H2,(H2,7,8)(H,9,10). The molecular weight excluding hydrogens is 220 g/mol. The molecule has 0 aliphatic rings. The number of hydrogen-bond acceptors (Lipinski definition) is 3. The minimum atomic E-state index is -1.11. The molecule has 0 bridgehead atoms. The summed E-state index contributed by atoms with van der Waals surface area (Å²) in [5.41, 5.74) is 11.1. The van der Waals surface area contributed by atoms with Crippen molar-refractivity contribution in [1.29, 1.82) is 0 Å². The first-order valence-corrected chi connectivity index (χ1v) is 5.22. The molecule has 5 heteroatoms. The molecule has 1 aromatic carbocycles. The van der Waals surface area contributed by atoms with Crippen LogP contribution in [0, 0.1) is 6.92 Å². The third-order valence-corrected chi connectivity index (χ3v) is 1.96. The Labute approximate surface area is 100 Å². The van der Waals surface area contributed by atoms with Gasteiger partial charge in [0.15, 0.2) is 0 Å². The molecule has 17 heavy (non-hydrogen) atoms. The van der Waals surface area contributed by atoms with Crippen molar-refractivity contribution < 1.29 is 14.7 Å². The minimum absolute atomic E-state index is 0.0213. The van der Waals surface area contributed by atoms with Crippen LogP contribution in [0.1, 0.15) is 18.4 Å². The zero-order chi connectivity index (χ0) is 13.3.